The van der Waals surface area contributed by atoms with Gasteiger partial charge in [-0.15, -0.1) is 10.2 Å². The number of pyridine rings is 1. The molecule has 0 saturated carbocycles. The van der Waals surface area contributed by atoms with Crippen molar-refractivity contribution in [1.82, 2.24) is 14.8 Å². The molecule has 29 heavy (non-hydrogen) atoms. The summed E-state index contributed by atoms with van der Waals surface area (Å²) in [5.41, 5.74) is 4.31. The minimum absolute atomic E-state index is 0.302. The summed E-state index contributed by atoms with van der Waals surface area (Å²) in [6.07, 6.45) is 1.90. The third-order valence-electron chi connectivity index (χ3n) is 4.95. The summed E-state index contributed by atoms with van der Waals surface area (Å²) in [7, 11) is 0. The minimum atomic E-state index is -0.371. The highest BCUT2D eigenvalue weighted by Crippen LogP contribution is 2.37. The minimum Gasteiger partial charge on any atom is -0.342 e. The Morgan fingerprint density at radius 3 is 2.03 bits per heavy atom. The molecule has 0 aliphatic carbocycles. The molecule has 0 saturated heterocycles. The van der Waals surface area contributed by atoms with Crippen molar-refractivity contribution >= 4 is 10.9 Å². The molecule has 0 atom stereocenters. The fourth-order valence-corrected chi connectivity index (χ4v) is 3.55. The van der Waals surface area contributed by atoms with Crippen LogP contribution in [0, 0.1) is 17.5 Å². The summed E-state index contributed by atoms with van der Waals surface area (Å²) in [6.45, 7) is 0.465. The van der Waals surface area contributed by atoms with Crippen LogP contribution in [0.25, 0.3) is 33.4 Å². The Morgan fingerprint density at radius 1 is 0.690 bits per heavy atom. The van der Waals surface area contributed by atoms with Crippen LogP contribution in [0.4, 0.5) is 13.2 Å². The van der Waals surface area contributed by atoms with E-state index in [0.29, 0.717) is 23.3 Å². The number of hydrogen-bond acceptors (Lipinski definition) is 2. The van der Waals surface area contributed by atoms with E-state index in [1.807, 2.05) is 10.8 Å². The molecule has 6 heteroatoms. The van der Waals surface area contributed by atoms with Crippen LogP contribution in [0.2, 0.25) is 0 Å². The van der Waals surface area contributed by atoms with Crippen molar-refractivity contribution in [2.45, 2.75) is 6.54 Å². The van der Waals surface area contributed by atoms with Crippen LogP contribution in [0.5, 0.6) is 0 Å². The Kier molecular flexibility index (Phi) is 4.05. The predicted molar refractivity (Wildman–Crippen MR) is 105 cm³/mol. The topological polar surface area (TPSA) is 30.7 Å². The molecule has 5 rings (SSSR count). The molecular formula is C23H14F3N3. The van der Waals surface area contributed by atoms with Gasteiger partial charge in [0.15, 0.2) is 0 Å². The zero-order valence-electron chi connectivity index (χ0n) is 15.1. The molecule has 3 aromatic carbocycles. The average molecular weight is 389 g/mol. The molecule has 3 aromatic rings. The zero-order chi connectivity index (χ0) is 20.0. The summed E-state index contributed by atoms with van der Waals surface area (Å²) in [5.74, 6) is -1.01. The molecule has 0 bridgehead atoms. The Balaban J connectivity index is 1.73. The third-order valence-corrected chi connectivity index (χ3v) is 4.95. The molecule has 0 aromatic heterocycles. The molecule has 3 nitrogen and oxygen atoms in total. The van der Waals surface area contributed by atoms with Gasteiger partial charge in [-0.05, 0) is 60.2 Å². The van der Waals surface area contributed by atoms with Crippen molar-refractivity contribution in [3.63, 3.8) is 0 Å². The van der Waals surface area contributed by atoms with Crippen LogP contribution in [0.15, 0.2) is 72.9 Å². The Labute approximate surface area is 164 Å². The second-order valence-electron chi connectivity index (χ2n) is 6.86. The number of rotatable bonds is 3. The normalized spacial score (nSPS) is 11.4. The first kappa shape index (κ1) is 17.4. The first-order valence-electron chi connectivity index (χ1n) is 9.04. The van der Waals surface area contributed by atoms with Gasteiger partial charge >= 0.3 is 0 Å². The standard InChI is InChI=1S/C23H14F3N3/c24-16-5-1-14(2-6-16)12-29-13-20-22(15-3-7-17(25)8-4-15)27-28-23(20)19-11-18(26)9-10-21(19)29/h1-11,13H,12H2. The molecule has 0 unspecified atom stereocenters. The van der Waals surface area contributed by atoms with Crippen LogP contribution in [-0.4, -0.2) is 14.8 Å². The van der Waals surface area contributed by atoms with E-state index in [9.17, 15) is 13.2 Å². The molecule has 0 spiro atoms. The van der Waals surface area contributed by atoms with E-state index >= 15 is 0 Å². The van der Waals surface area contributed by atoms with Gasteiger partial charge in [-0.25, -0.2) is 13.2 Å². The highest BCUT2D eigenvalue weighted by atomic mass is 19.1. The lowest BCUT2D eigenvalue weighted by atomic mass is 10.0. The third kappa shape index (κ3) is 3.12. The van der Waals surface area contributed by atoms with E-state index in [2.05, 4.69) is 10.2 Å². The second kappa shape index (κ2) is 6.74. The molecule has 0 radical (unpaired) electrons. The van der Waals surface area contributed by atoms with E-state index in [-0.39, 0.29) is 17.5 Å². The van der Waals surface area contributed by atoms with Crippen molar-refractivity contribution in [2.24, 2.45) is 0 Å². The smallest absolute Gasteiger partial charge is 0.124 e. The van der Waals surface area contributed by atoms with Gasteiger partial charge in [-0.2, -0.15) is 0 Å². The Morgan fingerprint density at radius 2 is 1.31 bits per heavy atom. The van der Waals surface area contributed by atoms with Gasteiger partial charge in [-0.3, -0.25) is 0 Å². The van der Waals surface area contributed by atoms with E-state index < -0.39 is 0 Å². The fourth-order valence-electron chi connectivity index (χ4n) is 3.55. The Bertz CT molecular complexity index is 1290. The molecule has 2 aliphatic heterocycles. The number of fused-ring (bicyclic) bond motifs is 3. The van der Waals surface area contributed by atoms with E-state index in [0.717, 1.165) is 22.2 Å². The first-order valence-corrected chi connectivity index (χ1v) is 9.04. The van der Waals surface area contributed by atoms with Crippen LogP contribution in [-0.2, 0) is 6.54 Å². The number of nitrogens with zero attached hydrogens (tertiary/aromatic N) is 3. The molecule has 2 aliphatic rings. The SMILES string of the molecule is Fc1ccc(Cn2cc3c(-c4ccc(F)cc4)nnc-3c3cc(F)ccc32)cc1. The molecule has 0 amide bonds. The van der Waals surface area contributed by atoms with Gasteiger partial charge in [-0.1, -0.05) is 12.1 Å². The summed E-state index contributed by atoms with van der Waals surface area (Å²) >= 11 is 0. The largest absolute Gasteiger partial charge is 0.342 e. The number of hydrogen-bond donors (Lipinski definition) is 0. The number of aromatic nitrogens is 3. The van der Waals surface area contributed by atoms with Gasteiger partial charge in [0.25, 0.3) is 0 Å². The summed E-state index contributed by atoms with van der Waals surface area (Å²) in [6, 6.07) is 16.8. The Hall–Kier alpha value is -3.67. The maximum Gasteiger partial charge on any atom is 0.124 e. The lowest BCUT2D eigenvalue weighted by molar-refractivity contribution is 0.626. The van der Waals surface area contributed by atoms with Crippen LogP contribution < -0.4 is 0 Å². The van der Waals surface area contributed by atoms with E-state index in [1.54, 1.807) is 30.3 Å². The first-order chi connectivity index (χ1) is 14.1. The lowest BCUT2D eigenvalue weighted by Crippen LogP contribution is -2.04. The maximum atomic E-state index is 14.0. The maximum absolute atomic E-state index is 14.0. The molecular weight excluding hydrogens is 375 g/mol. The van der Waals surface area contributed by atoms with Crippen molar-refractivity contribution in [2.75, 3.05) is 0 Å². The van der Waals surface area contributed by atoms with E-state index in [4.69, 9.17) is 0 Å². The molecule has 0 fully saturated rings. The predicted octanol–water partition coefficient (Wildman–Crippen LogP) is 5.67. The van der Waals surface area contributed by atoms with Gasteiger partial charge in [0.1, 0.15) is 28.8 Å². The van der Waals surface area contributed by atoms with Gasteiger partial charge in [0.2, 0.25) is 0 Å². The van der Waals surface area contributed by atoms with Gasteiger partial charge < -0.3 is 4.57 Å². The summed E-state index contributed by atoms with van der Waals surface area (Å²) < 4.78 is 42.5. The monoisotopic (exact) mass is 389 g/mol. The quantitative estimate of drug-likeness (QED) is 0.398. The van der Waals surface area contributed by atoms with Crippen molar-refractivity contribution in [3.8, 4) is 22.5 Å². The highest BCUT2D eigenvalue weighted by molar-refractivity contribution is 5.98. The van der Waals surface area contributed by atoms with E-state index in [1.165, 1.54) is 36.4 Å². The van der Waals surface area contributed by atoms with Crippen LogP contribution in [0.3, 0.4) is 0 Å². The van der Waals surface area contributed by atoms with Crippen LogP contribution in [0.1, 0.15) is 5.56 Å². The van der Waals surface area contributed by atoms with Crippen molar-refractivity contribution in [1.29, 1.82) is 0 Å². The zero-order valence-corrected chi connectivity index (χ0v) is 15.1. The number of halogens is 3. The lowest BCUT2D eigenvalue weighted by Gasteiger charge is -2.15. The summed E-state index contributed by atoms with van der Waals surface area (Å²) in [4.78, 5) is 0. The second-order valence-corrected chi connectivity index (χ2v) is 6.86. The molecule has 0 N–H and O–H groups in total. The fraction of sp³-hybridized carbons (Fsp3) is 0.0435. The van der Waals surface area contributed by atoms with Crippen molar-refractivity contribution in [3.05, 3.63) is 95.9 Å². The van der Waals surface area contributed by atoms with Gasteiger partial charge in [0.05, 0.1) is 5.52 Å². The highest BCUT2D eigenvalue weighted by Gasteiger charge is 2.20. The molecule has 2 heterocycles. The molecule has 142 valence electrons. The van der Waals surface area contributed by atoms with Gasteiger partial charge in [0, 0.05) is 29.3 Å². The summed E-state index contributed by atoms with van der Waals surface area (Å²) in [5, 5.41) is 9.18. The van der Waals surface area contributed by atoms with Crippen LogP contribution >= 0.6 is 0 Å². The number of benzene rings is 3. The van der Waals surface area contributed by atoms with Crippen molar-refractivity contribution < 1.29 is 13.2 Å². The average Bonchev–Trinajstić information content (AvgIpc) is 3.14.